The second kappa shape index (κ2) is 7.34. The smallest absolute Gasteiger partial charge is 0.255 e. The van der Waals surface area contributed by atoms with Crippen LogP contribution in [0.3, 0.4) is 0 Å². The number of aryl methyl sites for hydroxylation is 1. The van der Waals surface area contributed by atoms with E-state index in [1.54, 1.807) is 11.3 Å². The number of hydrogen-bond acceptors (Lipinski definition) is 3. The average molecular weight is 332 g/mol. The van der Waals surface area contributed by atoms with E-state index in [2.05, 4.69) is 36.6 Å². The van der Waals surface area contributed by atoms with Crippen molar-refractivity contribution in [1.82, 2.24) is 4.90 Å². The highest BCUT2D eigenvalue weighted by molar-refractivity contribution is 7.99. The van der Waals surface area contributed by atoms with E-state index < -0.39 is 0 Å². The Morgan fingerprint density at radius 2 is 2.09 bits per heavy atom. The van der Waals surface area contributed by atoms with Crippen LogP contribution in [0.5, 0.6) is 0 Å². The quantitative estimate of drug-likeness (QED) is 0.770. The summed E-state index contributed by atoms with van der Waals surface area (Å²) in [5, 5.41) is 2.27. The van der Waals surface area contributed by atoms with Gasteiger partial charge in [0.1, 0.15) is 5.37 Å². The molecule has 22 heavy (non-hydrogen) atoms. The Bertz CT molecular complexity index is 607. The highest BCUT2D eigenvalue weighted by Gasteiger charge is 2.31. The lowest BCUT2D eigenvalue weighted by molar-refractivity contribution is 0.0762. The van der Waals surface area contributed by atoms with Crippen LogP contribution in [0.25, 0.3) is 0 Å². The molecule has 1 aliphatic heterocycles. The molecule has 1 aromatic carbocycles. The first-order valence-electron chi connectivity index (χ1n) is 7.84. The molecule has 116 valence electrons. The van der Waals surface area contributed by atoms with E-state index in [0.29, 0.717) is 0 Å². The van der Waals surface area contributed by atoms with Gasteiger partial charge in [0, 0.05) is 22.7 Å². The second-order valence-electron chi connectivity index (χ2n) is 5.54. The van der Waals surface area contributed by atoms with Gasteiger partial charge >= 0.3 is 0 Å². The van der Waals surface area contributed by atoms with Crippen molar-refractivity contribution < 1.29 is 4.79 Å². The number of thiophene rings is 1. The molecule has 0 radical (unpaired) electrons. The molecule has 0 bridgehead atoms. The van der Waals surface area contributed by atoms with E-state index in [-0.39, 0.29) is 11.3 Å². The van der Waals surface area contributed by atoms with Crippen LogP contribution in [0.2, 0.25) is 0 Å². The monoisotopic (exact) mass is 331 g/mol. The van der Waals surface area contributed by atoms with E-state index in [9.17, 15) is 4.79 Å². The molecule has 0 unspecified atom stereocenters. The lowest BCUT2D eigenvalue weighted by Crippen LogP contribution is -2.30. The summed E-state index contributed by atoms with van der Waals surface area (Å²) in [7, 11) is 0. The minimum absolute atomic E-state index is 0.158. The van der Waals surface area contributed by atoms with Gasteiger partial charge in [-0.1, -0.05) is 31.5 Å². The predicted octanol–water partition coefficient (Wildman–Crippen LogP) is 4.98. The van der Waals surface area contributed by atoms with E-state index in [4.69, 9.17) is 0 Å². The maximum Gasteiger partial charge on any atom is 0.255 e. The minimum Gasteiger partial charge on any atom is -0.321 e. The molecule has 1 amide bonds. The van der Waals surface area contributed by atoms with Crippen LogP contribution in [0, 0.1) is 0 Å². The summed E-state index contributed by atoms with van der Waals surface area (Å²) in [6.45, 7) is 3.04. The first-order valence-corrected chi connectivity index (χ1v) is 9.77. The SMILES string of the molecule is CCCCc1ccc(C(=O)N2CCS[C@@H]2c2cccs2)cc1. The fraction of sp³-hybridized carbons (Fsp3) is 0.389. The van der Waals surface area contributed by atoms with E-state index in [1.807, 2.05) is 28.8 Å². The molecule has 1 aliphatic rings. The normalized spacial score (nSPS) is 17.9. The van der Waals surface area contributed by atoms with E-state index in [0.717, 1.165) is 24.3 Å². The summed E-state index contributed by atoms with van der Waals surface area (Å²) in [6, 6.07) is 12.4. The van der Waals surface area contributed by atoms with Gasteiger partial charge in [0.2, 0.25) is 0 Å². The number of unbranched alkanes of at least 4 members (excludes halogenated alkanes) is 1. The lowest BCUT2D eigenvalue weighted by atomic mass is 10.1. The number of carbonyl (C=O) groups is 1. The summed E-state index contributed by atoms with van der Waals surface area (Å²) in [4.78, 5) is 16.1. The Morgan fingerprint density at radius 3 is 2.77 bits per heavy atom. The highest BCUT2D eigenvalue weighted by Crippen LogP contribution is 2.40. The molecule has 1 atom stereocenters. The van der Waals surface area contributed by atoms with Crippen LogP contribution in [0.1, 0.15) is 45.9 Å². The lowest BCUT2D eigenvalue weighted by Gasteiger charge is -2.23. The van der Waals surface area contributed by atoms with Crippen LogP contribution in [-0.2, 0) is 6.42 Å². The van der Waals surface area contributed by atoms with Crippen molar-refractivity contribution in [2.45, 2.75) is 31.6 Å². The number of benzene rings is 1. The number of nitrogens with zero attached hydrogens (tertiary/aromatic N) is 1. The van der Waals surface area contributed by atoms with Crippen LogP contribution < -0.4 is 0 Å². The fourth-order valence-corrected chi connectivity index (χ4v) is 4.94. The molecule has 0 aliphatic carbocycles. The standard InChI is InChI=1S/C18H21NOS2/c1-2-3-5-14-7-9-15(10-8-14)17(20)19-11-13-22-18(19)16-6-4-12-21-16/h4,6-10,12,18H,2-3,5,11,13H2,1H3/t18-/m1/s1. The van der Waals surface area contributed by atoms with Gasteiger partial charge in [0.15, 0.2) is 0 Å². The fourth-order valence-electron chi connectivity index (χ4n) is 2.71. The molecule has 2 nitrogen and oxygen atoms in total. The Hall–Kier alpha value is -1.26. The summed E-state index contributed by atoms with van der Waals surface area (Å²) in [5.41, 5.74) is 2.13. The second-order valence-corrected chi connectivity index (χ2v) is 7.70. The van der Waals surface area contributed by atoms with Crippen LogP contribution in [0.15, 0.2) is 41.8 Å². The van der Waals surface area contributed by atoms with Gasteiger partial charge in [0.05, 0.1) is 0 Å². The molecule has 1 saturated heterocycles. The largest absolute Gasteiger partial charge is 0.321 e. The Kier molecular flexibility index (Phi) is 5.21. The molecular formula is C18H21NOS2. The third-order valence-corrected chi connectivity index (χ3v) is 6.27. The van der Waals surface area contributed by atoms with Crippen molar-refractivity contribution in [3.05, 3.63) is 57.8 Å². The van der Waals surface area contributed by atoms with Gasteiger partial charge in [-0.15, -0.1) is 23.1 Å². The highest BCUT2D eigenvalue weighted by atomic mass is 32.2. The zero-order chi connectivity index (χ0) is 15.4. The first kappa shape index (κ1) is 15.6. The van der Waals surface area contributed by atoms with Gasteiger partial charge in [0.25, 0.3) is 5.91 Å². The van der Waals surface area contributed by atoms with E-state index in [1.165, 1.54) is 23.3 Å². The van der Waals surface area contributed by atoms with Gasteiger partial charge in [-0.05, 0) is 42.0 Å². The maximum atomic E-state index is 12.8. The number of rotatable bonds is 5. The van der Waals surface area contributed by atoms with Gasteiger partial charge in [-0.3, -0.25) is 4.79 Å². The van der Waals surface area contributed by atoms with Crippen molar-refractivity contribution >= 4 is 29.0 Å². The predicted molar refractivity (Wildman–Crippen MR) is 95.6 cm³/mol. The van der Waals surface area contributed by atoms with Crippen LogP contribution >= 0.6 is 23.1 Å². The molecule has 0 spiro atoms. The van der Waals surface area contributed by atoms with Gasteiger partial charge in [-0.25, -0.2) is 0 Å². The molecular weight excluding hydrogens is 310 g/mol. The summed E-state index contributed by atoms with van der Waals surface area (Å²) < 4.78 is 0. The maximum absolute atomic E-state index is 12.8. The Morgan fingerprint density at radius 1 is 1.27 bits per heavy atom. The summed E-state index contributed by atoms with van der Waals surface area (Å²) >= 11 is 3.59. The van der Waals surface area contributed by atoms with Crippen molar-refractivity contribution in [2.24, 2.45) is 0 Å². The Balaban J connectivity index is 1.72. The van der Waals surface area contributed by atoms with Crippen molar-refractivity contribution in [1.29, 1.82) is 0 Å². The zero-order valence-corrected chi connectivity index (χ0v) is 14.5. The molecule has 1 aromatic heterocycles. The molecule has 2 aromatic rings. The first-order chi connectivity index (χ1) is 10.8. The number of thioether (sulfide) groups is 1. The van der Waals surface area contributed by atoms with Crippen LogP contribution in [0.4, 0.5) is 0 Å². The molecule has 0 saturated carbocycles. The molecule has 2 heterocycles. The van der Waals surface area contributed by atoms with Crippen LogP contribution in [-0.4, -0.2) is 23.1 Å². The molecule has 3 rings (SSSR count). The summed E-state index contributed by atoms with van der Waals surface area (Å²) in [6.07, 6.45) is 3.51. The van der Waals surface area contributed by atoms with Crippen molar-refractivity contribution in [3.63, 3.8) is 0 Å². The number of amides is 1. The number of hydrogen-bond donors (Lipinski definition) is 0. The third-order valence-electron chi connectivity index (χ3n) is 3.96. The van der Waals surface area contributed by atoms with Crippen molar-refractivity contribution in [2.75, 3.05) is 12.3 Å². The topological polar surface area (TPSA) is 20.3 Å². The van der Waals surface area contributed by atoms with E-state index >= 15 is 0 Å². The van der Waals surface area contributed by atoms with Gasteiger partial charge < -0.3 is 4.90 Å². The third kappa shape index (κ3) is 3.39. The summed E-state index contributed by atoms with van der Waals surface area (Å²) in [5.74, 6) is 1.17. The number of carbonyl (C=O) groups excluding carboxylic acids is 1. The molecule has 0 N–H and O–H groups in total. The molecule has 4 heteroatoms. The Labute approximate surface area is 140 Å². The van der Waals surface area contributed by atoms with Crippen molar-refractivity contribution in [3.8, 4) is 0 Å². The average Bonchev–Trinajstić information content (AvgIpc) is 3.23. The van der Waals surface area contributed by atoms with Gasteiger partial charge in [-0.2, -0.15) is 0 Å². The molecule has 1 fully saturated rings. The zero-order valence-electron chi connectivity index (χ0n) is 12.8. The minimum atomic E-state index is 0.158.